The SMILES string of the molecule is CCC(=O)N1CCN(CC2CCN(CC)CC2)CC1.CCCC. The van der Waals surface area contributed by atoms with E-state index < -0.39 is 0 Å². The van der Waals surface area contributed by atoms with Gasteiger partial charge in [0, 0.05) is 39.1 Å². The average Bonchev–Trinajstić information content (AvgIpc) is 2.62. The molecule has 4 nitrogen and oxygen atoms in total. The predicted octanol–water partition coefficient (Wildman–Crippen LogP) is 3.08. The molecule has 0 saturated carbocycles. The van der Waals surface area contributed by atoms with Crippen LogP contribution in [0.25, 0.3) is 0 Å². The maximum Gasteiger partial charge on any atom is 0.222 e. The minimum atomic E-state index is 0.316. The number of piperazine rings is 1. The molecule has 23 heavy (non-hydrogen) atoms. The molecule has 2 aliphatic heterocycles. The van der Waals surface area contributed by atoms with Gasteiger partial charge < -0.3 is 9.80 Å². The van der Waals surface area contributed by atoms with Crippen LogP contribution in [0.5, 0.6) is 0 Å². The zero-order valence-corrected chi connectivity index (χ0v) is 16.0. The molecule has 136 valence electrons. The van der Waals surface area contributed by atoms with Crippen molar-refractivity contribution in [2.75, 3.05) is 52.4 Å². The van der Waals surface area contributed by atoms with Crippen molar-refractivity contribution >= 4 is 5.91 Å². The zero-order valence-electron chi connectivity index (χ0n) is 16.0. The Morgan fingerprint density at radius 3 is 1.83 bits per heavy atom. The average molecular weight is 326 g/mol. The smallest absolute Gasteiger partial charge is 0.222 e. The normalized spacial score (nSPS) is 21.0. The molecule has 2 fully saturated rings. The third kappa shape index (κ3) is 7.67. The third-order valence-corrected chi connectivity index (χ3v) is 5.20. The second-order valence-corrected chi connectivity index (χ2v) is 6.91. The van der Waals surface area contributed by atoms with Crippen LogP contribution >= 0.6 is 0 Å². The first kappa shape index (κ1) is 20.4. The van der Waals surface area contributed by atoms with E-state index in [1.54, 1.807) is 0 Å². The molecule has 0 aromatic heterocycles. The van der Waals surface area contributed by atoms with Crippen LogP contribution in [0.1, 0.15) is 59.8 Å². The molecule has 2 rings (SSSR count). The quantitative estimate of drug-likeness (QED) is 0.777. The Bertz CT molecular complexity index is 304. The first-order chi connectivity index (χ1) is 11.1. The largest absolute Gasteiger partial charge is 0.340 e. The highest BCUT2D eigenvalue weighted by Gasteiger charge is 2.24. The van der Waals surface area contributed by atoms with Crippen LogP contribution in [0, 0.1) is 5.92 Å². The van der Waals surface area contributed by atoms with Gasteiger partial charge in [-0.15, -0.1) is 0 Å². The molecule has 0 spiro atoms. The highest BCUT2D eigenvalue weighted by molar-refractivity contribution is 5.75. The van der Waals surface area contributed by atoms with Crippen molar-refractivity contribution < 1.29 is 4.79 Å². The summed E-state index contributed by atoms with van der Waals surface area (Å²) in [6, 6.07) is 0. The summed E-state index contributed by atoms with van der Waals surface area (Å²) in [6.07, 6.45) is 5.99. The van der Waals surface area contributed by atoms with Gasteiger partial charge in [0.15, 0.2) is 0 Å². The van der Waals surface area contributed by atoms with Gasteiger partial charge in [-0.1, -0.05) is 40.5 Å². The van der Waals surface area contributed by atoms with Crippen molar-refractivity contribution in [1.29, 1.82) is 0 Å². The highest BCUT2D eigenvalue weighted by atomic mass is 16.2. The molecular weight excluding hydrogens is 286 g/mol. The molecule has 1 amide bonds. The molecule has 0 unspecified atom stereocenters. The van der Waals surface area contributed by atoms with E-state index in [2.05, 4.69) is 30.6 Å². The van der Waals surface area contributed by atoms with Gasteiger partial charge in [-0.05, 0) is 38.4 Å². The summed E-state index contributed by atoms with van der Waals surface area (Å²) < 4.78 is 0. The van der Waals surface area contributed by atoms with Crippen molar-refractivity contribution in [2.45, 2.75) is 59.8 Å². The van der Waals surface area contributed by atoms with Crippen LogP contribution in [0.15, 0.2) is 0 Å². The van der Waals surface area contributed by atoms with Crippen molar-refractivity contribution in [2.24, 2.45) is 5.92 Å². The number of nitrogens with zero attached hydrogens (tertiary/aromatic N) is 3. The van der Waals surface area contributed by atoms with Crippen molar-refractivity contribution in [3.8, 4) is 0 Å². The van der Waals surface area contributed by atoms with Crippen LogP contribution in [0.4, 0.5) is 0 Å². The Kier molecular flexibility index (Phi) is 10.5. The lowest BCUT2D eigenvalue weighted by atomic mass is 9.96. The van der Waals surface area contributed by atoms with E-state index in [0.29, 0.717) is 12.3 Å². The van der Waals surface area contributed by atoms with Gasteiger partial charge in [0.05, 0.1) is 0 Å². The van der Waals surface area contributed by atoms with Crippen molar-refractivity contribution in [3.63, 3.8) is 0 Å². The van der Waals surface area contributed by atoms with E-state index >= 15 is 0 Å². The van der Waals surface area contributed by atoms with Gasteiger partial charge in [-0.3, -0.25) is 9.69 Å². The van der Waals surface area contributed by atoms with E-state index in [1.807, 2.05) is 11.8 Å². The van der Waals surface area contributed by atoms with Gasteiger partial charge >= 0.3 is 0 Å². The fraction of sp³-hybridized carbons (Fsp3) is 0.947. The maximum atomic E-state index is 11.6. The van der Waals surface area contributed by atoms with Crippen LogP contribution in [-0.2, 0) is 4.79 Å². The van der Waals surface area contributed by atoms with Gasteiger partial charge in [-0.25, -0.2) is 0 Å². The number of likely N-dealkylation sites (tertiary alicyclic amines) is 1. The van der Waals surface area contributed by atoms with E-state index in [-0.39, 0.29) is 0 Å². The van der Waals surface area contributed by atoms with E-state index in [0.717, 1.165) is 32.1 Å². The van der Waals surface area contributed by atoms with Crippen LogP contribution in [0.2, 0.25) is 0 Å². The van der Waals surface area contributed by atoms with E-state index in [9.17, 15) is 4.79 Å². The Balaban J connectivity index is 0.000000593. The molecule has 0 N–H and O–H groups in total. The monoisotopic (exact) mass is 325 g/mol. The summed E-state index contributed by atoms with van der Waals surface area (Å²) in [5, 5.41) is 0. The second kappa shape index (κ2) is 11.9. The molecule has 0 atom stereocenters. The van der Waals surface area contributed by atoms with E-state index in [4.69, 9.17) is 0 Å². The molecular formula is C19H39N3O. The third-order valence-electron chi connectivity index (χ3n) is 5.20. The summed E-state index contributed by atoms with van der Waals surface area (Å²) >= 11 is 0. The molecule has 2 aliphatic rings. The van der Waals surface area contributed by atoms with Crippen molar-refractivity contribution in [1.82, 2.24) is 14.7 Å². The highest BCUT2D eigenvalue weighted by Crippen LogP contribution is 2.19. The maximum absolute atomic E-state index is 11.6. The fourth-order valence-electron chi connectivity index (χ4n) is 3.25. The Hall–Kier alpha value is -0.610. The molecule has 0 radical (unpaired) electrons. The number of rotatable bonds is 5. The summed E-state index contributed by atoms with van der Waals surface area (Å²) in [4.78, 5) is 18.8. The molecule has 0 bridgehead atoms. The molecule has 0 aromatic rings. The lowest BCUT2D eigenvalue weighted by molar-refractivity contribution is -0.132. The first-order valence-electron chi connectivity index (χ1n) is 9.86. The lowest BCUT2D eigenvalue weighted by Gasteiger charge is -2.38. The van der Waals surface area contributed by atoms with Crippen LogP contribution < -0.4 is 0 Å². The molecule has 2 saturated heterocycles. The van der Waals surface area contributed by atoms with Crippen molar-refractivity contribution in [3.05, 3.63) is 0 Å². The topological polar surface area (TPSA) is 26.8 Å². The minimum Gasteiger partial charge on any atom is -0.340 e. The second-order valence-electron chi connectivity index (χ2n) is 6.91. The van der Waals surface area contributed by atoms with Gasteiger partial charge in [0.1, 0.15) is 0 Å². The summed E-state index contributed by atoms with van der Waals surface area (Å²) in [5.74, 6) is 1.19. The Morgan fingerprint density at radius 2 is 1.39 bits per heavy atom. The summed E-state index contributed by atoms with van der Waals surface area (Å²) in [7, 11) is 0. The molecule has 2 heterocycles. The number of piperidine rings is 1. The summed E-state index contributed by atoms with van der Waals surface area (Å²) in [5.41, 5.74) is 0. The number of amides is 1. The number of hydrogen-bond acceptors (Lipinski definition) is 3. The van der Waals surface area contributed by atoms with Crippen LogP contribution in [0.3, 0.4) is 0 Å². The van der Waals surface area contributed by atoms with E-state index in [1.165, 1.54) is 51.9 Å². The standard InChI is InChI=1S/C15H29N3O.C4H10/c1-3-15(19)18-11-9-17(10-12-18)13-14-5-7-16(4-2)8-6-14;1-3-4-2/h14H,3-13H2,1-2H3;3-4H2,1-2H3. The summed E-state index contributed by atoms with van der Waals surface area (Å²) in [6.45, 7) is 17.6. The van der Waals surface area contributed by atoms with Gasteiger partial charge in [-0.2, -0.15) is 0 Å². The fourth-order valence-corrected chi connectivity index (χ4v) is 3.25. The Morgan fingerprint density at radius 1 is 0.826 bits per heavy atom. The van der Waals surface area contributed by atoms with Gasteiger partial charge in [0.2, 0.25) is 5.91 Å². The minimum absolute atomic E-state index is 0.316. The van der Waals surface area contributed by atoms with Gasteiger partial charge in [0.25, 0.3) is 0 Å². The number of hydrogen-bond donors (Lipinski definition) is 0. The predicted molar refractivity (Wildman–Crippen MR) is 98.7 cm³/mol. The first-order valence-corrected chi connectivity index (χ1v) is 9.86. The number of carbonyl (C=O) groups excluding carboxylic acids is 1. The molecule has 4 heteroatoms. The number of carbonyl (C=O) groups is 1. The number of unbranched alkanes of at least 4 members (excludes halogenated alkanes) is 1. The zero-order chi connectivity index (χ0) is 17.1. The molecule has 0 aromatic carbocycles. The lowest BCUT2D eigenvalue weighted by Crippen LogP contribution is -2.50. The molecule has 0 aliphatic carbocycles. The Labute approximate surface area is 144 Å². The van der Waals surface area contributed by atoms with Crippen LogP contribution in [-0.4, -0.2) is 73.0 Å².